The summed E-state index contributed by atoms with van der Waals surface area (Å²) in [6, 6.07) is 8.16. The fourth-order valence-electron chi connectivity index (χ4n) is 2.97. The Balaban J connectivity index is 1.92. The van der Waals surface area contributed by atoms with Gasteiger partial charge in [0.25, 0.3) is 0 Å². The molecule has 3 amide bonds. The van der Waals surface area contributed by atoms with Crippen LogP contribution in [-0.4, -0.2) is 41.5 Å². The van der Waals surface area contributed by atoms with Gasteiger partial charge in [-0.2, -0.15) is 0 Å². The summed E-state index contributed by atoms with van der Waals surface area (Å²) in [5, 5.41) is 5.42. The molecule has 2 rings (SSSR count). The zero-order chi connectivity index (χ0) is 16.8. The van der Waals surface area contributed by atoms with Crippen molar-refractivity contribution in [3.63, 3.8) is 0 Å². The third-order valence-electron chi connectivity index (χ3n) is 4.19. The van der Waals surface area contributed by atoms with Crippen LogP contribution in [0.15, 0.2) is 30.3 Å². The highest BCUT2D eigenvalue weighted by Gasteiger charge is 2.32. The van der Waals surface area contributed by atoms with Crippen LogP contribution < -0.4 is 16.4 Å². The van der Waals surface area contributed by atoms with Gasteiger partial charge in [-0.3, -0.25) is 4.79 Å². The Hall–Kier alpha value is -2.08. The highest BCUT2D eigenvalue weighted by Crippen LogP contribution is 2.20. The van der Waals surface area contributed by atoms with Crippen LogP contribution in [0.25, 0.3) is 0 Å². The first-order valence-corrected chi connectivity index (χ1v) is 8.17. The van der Waals surface area contributed by atoms with Gasteiger partial charge in [-0.25, -0.2) is 4.79 Å². The van der Waals surface area contributed by atoms with E-state index in [4.69, 9.17) is 5.73 Å². The molecule has 3 atom stereocenters. The van der Waals surface area contributed by atoms with E-state index in [0.29, 0.717) is 12.2 Å². The lowest BCUT2D eigenvalue weighted by Gasteiger charge is -2.39. The summed E-state index contributed by atoms with van der Waals surface area (Å²) in [4.78, 5) is 26.5. The largest absolute Gasteiger partial charge is 0.336 e. The molecule has 1 fully saturated rings. The SMILES string of the molecule is CC(NC(=O)Nc1ccccc1)C(=O)N1CCCCC1C(C)N. The van der Waals surface area contributed by atoms with Crippen LogP contribution in [0.2, 0.25) is 0 Å². The second-order valence-electron chi connectivity index (χ2n) is 6.14. The van der Waals surface area contributed by atoms with E-state index >= 15 is 0 Å². The van der Waals surface area contributed by atoms with Crippen LogP contribution in [0, 0.1) is 0 Å². The molecule has 6 heteroatoms. The summed E-state index contributed by atoms with van der Waals surface area (Å²) < 4.78 is 0. The maximum atomic E-state index is 12.6. The quantitative estimate of drug-likeness (QED) is 0.792. The van der Waals surface area contributed by atoms with Crippen LogP contribution in [0.3, 0.4) is 0 Å². The molecular formula is C17H26N4O2. The molecule has 1 aromatic rings. The van der Waals surface area contributed by atoms with Gasteiger partial charge in [0.2, 0.25) is 5.91 Å². The van der Waals surface area contributed by atoms with Crippen molar-refractivity contribution in [2.75, 3.05) is 11.9 Å². The summed E-state index contributed by atoms with van der Waals surface area (Å²) in [6.07, 6.45) is 3.00. The number of benzene rings is 1. The number of carbonyl (C=O) groups excluding carboxylic acids is 2. The first-order valence-electron chi connectivity index (χ1n) is 8.17. The van der Waals surface area contributed by atoms with Crippen molar-refractivity contribution < 1.29 is 9.59 Å². The van der Waals surface area contributed by atoms with Crippen molar-refractivity contribution in [3.05, 3.63) is 30.3 Å². The Kier molecular flexibility index (Phi) is 5.98. The molecule has 1 aliphatic rings. The summed E-state index contributed by atoms with van der Waals surface area (Å²) in [7, 11) is 0. The number of amides is 3. The molecule has 0 spiro atoms. The average Bonchev–Trinajstić information content (AvgIpc) is 2.54. The fourth-order valence-corrected chi connectivity index (χ4v) is 2.97. The number of para-hydroxylation sites is 1. The molecule has 23 heavy (non-hydrogen) atoms. The number of anilines is 1. The van der Waals surface area contributed by atoms with Crippen LogP contribution in [0.5, 0.6) is 0 Å². The van der Waals surface area contributed by atoms with Gasteiger partial charge < -0.3 is 21.3 Å². The number of rotatable bonds is 4. The van der Waals surface area contributed by atoms with Gasteiger partial charge in [-0.1, -0.05) is 18.2 Å². The number of nitrogens with one attached hydrogen (secondary N) is 2. The van der Waals surface area contributed by atoms with Crippen LogP contribution in [0.1, 0.15) is 33.1 Å². The molecule has 0 aromatic heterocycles. The fraction of sp³-hybridized carbons (Fsp3) is 0.529. The zero-order valence-corrected chi connectivity index (χ0v) is 13.8. The van der Waals surface area contributed by atoms with Crippen molar-refractivity contribution >= 4 is 17.6 Å². The average molecular weight is 318 g/mol. The number of hydrogen-bond donors (Lipinski definition) is 3. The molecule has 0 bridgehead atoms. The van der Waals surface area contributed by atoms with Gasteiger partial charge in [0, 0.05) is 24.3 Å². The van der Waals surface area contributed by atoms with E-state index < -0.39 is 6.04 Å². The van der Waals surface area contributed by atoms with Crippen molar-refractivity contribution in [1.82, 2.24) is 10.2 Å². The second kappa shape index (κ2) is 7.97. The van der Waals surface area contributed by atoms with Gasteiger partial charge in [-0.15, -0.1) is 0 Å². The first-order chi connectivity index (χ1) is 11.0. The predicted octanol–water partition coefficient (Wildman–Crippen LogP) is 1.92. The lowest BCUT2D eigenvalue weighted by atomic mass is 9.96. The van der Waals surface area contributed by atoms with Crippen molar-refractivity contribution in [3.8, 4) is 0 Å². The van der Waals surface area contributed by atoms with Crippen molar-refractivity contribution in [1.29, 1.82) is 0 Å². The van der Waals surface area contributed by atoms with Gasteiger partial charge in [0.15, 0.2) is 0 Å². The first kappa shape index (κ1) is 17.3. The number of likely N-dealkylation sites (tertiary alicyclic amines) is 1. The van der Waals surface area contributed by atoms with Crippen LogP contribution in [-0.2, 0) is 4.79 Å². The molecule has 1 aliphatic heterocycles. The summed E-state index contributed by atoms with van der Waals surface area (Å²) >= 11 is 0. The lowest BCUT2D eigenvalue weighted by molar-refractivity contribution is -0.136. The Morgan fingerprint density at radius 1 is 1.22 bits per heavy atom. The number of urea groups is 1. The van der Waals surface area contributed by atoms with Crippen LogP contribution >= 0.6 is 0 Å². The third-order valence-corrected chi connectivity index (χ3v) is 4.19. The van der Waals surface area contributed by atoms with E-state index in [0.717, 1.165) is 19.3 Å². The van der Waals surface area contributed by atoms with Crippen molar-refractivity contribution in [2.45, 2.75) is 51.2 Å². The predicted molar refractivity (Wildman–Crippen MR) is 91.1 cm³/mol. The number of carbonyl (C=O) groups is 2. The van der Waals surface area contributed by atoms with Gasteiger partial charge in [-0.05, 0) is 45.2 Å². The number of nitrogens with zero attached hydrogens (tertiary/aromatic N) is 1. The summed E-state index contributed by atoms with van der Waals surface area (Å²) in [5.74, 6) is -0.0739. The third kappa shape index (κ3) is 4.69. The molecular weight excluding hydrogens is 292 g/mol. The van der Waals surface area contributed by atoms with E-state index in [1.54, 1.807) is 19.1 Å². The highest BCUT2D eigenvalue weighted by atomic mass is 16.2. The maximum Gasteiger partial charge on any atom is 0.319 e. The normalized spacial score (nSPS) is 20.5. The second-order valence-corrected chi connectivity index (χ2v) is 6.14. The lowest BCUT2D eigenvalue weighted by Crippen LogP contribution is -2.57. The number of nitrogens with two attached hydrogens (primary N) is 1. The Bertz CT molecular complexity index is 533. The molecule has 0 saturated carbocycles. The standard InChI is InChI=1S/C17H26N4O2/c1-12(18)15-10-6-7-11-21(15)16(22)13(2)19-17(23)20-14-8-4-3-5-9-14/h3-5,8-9,12-13,15H,6-7,10-11,18H2,1-2H3,(H2,19,20,23). The molecule has 1 aromatic carbocycles. The number of piperidine rings is 1. The smallest absolute Gasteiger partial charge is 0.319 e. The Labute approximate surface area is 137 Å². The monoisotopic (exact) mass is 318 g/mol. The van der Waals surface area contributed by atoms with E-state index in [1.165, 1.54) is 0 Å². The topological polar surface area (TPSA) is 87.5 Å². The highest BCUT2D eigenvalue weighted by molar-refractivity contribution is 5.93. The molecule has 6 nitrogen and oxygen atoms in total. The molecule has 0 radical (unpaired) electrons. The molecule has 1 heterocycles. The van der Waals surface area contributed by atoms with E-state index in [2.05, 4.69) is 10.6 Å². The summed E-state index contributed by atoms with van der Waals surface area (Å²) in [5.41, 5.74) is 6.70. The zero-order valence-electron chi connectivity index (χ0n) is 13.8. The molecule has 1 saturated heterocycles. The minimum absolute atomic E-state index is 0.0534. The Morgan fingerprint density at radius 2 is 1.91 bits per heavy atom. The molecule has 126 valence electrons. The Morgan fingerprint density at radius 3 is 2.57 bits per heavy atom. The van der Waals surface area contributed by atoms with Crippen LogP contribution in [0.4, 0.5) is 10.5 Å². The van der Waals surface area contributed by atoms with E-state index in [9.17, 15) is 9.59 Å². The van der Waals surface area contributed by atoms with Gasteiger partial charge >= 0.3 is 6.03 Å². The van der Waals surface area contributed by atoms with E-state index in [1.807, 2.05) is 30.0 Å². The maximum absolute atomic E-state index is 12.6. The molecule has 0 aliphatic carbocycles. The van der Waals surface area contributed by atoms with Gasteiger partial charge in [0.05, 0.1) is 0 Å². The van der Waals surface area contributed by atoms with Crippen molar-refractivity contribution in [2.24, 2.45) is 5.73 Å². The minimum atomic E-state index is -0.585. The molecule has 3 unspecified atom stereocenters. The summed E-state index contributed by atoms with van der Waals surface area (Å²) in [6.45, 7) is 4.34. The minimum Gasteiger partial charge on any atom is -0.336 e. The number of hydrogen-bond acceptors (Lipinski definition) is 3. The molecule has 4 N–H and O–H groups in total. The van der Waals surface area contributed by atoms with Gasteiger partial charge in [0.1, 0.15) is 6.04 Å². The van der Waals surface area contributed by atoms with E-state index in [-0.39, 0.29) is 24.0 Å².